The van der Waals surface area contributed by atoms with E-state index in [1.807, 2.05) is 13.8 Å². The highest BCUT2D eigenvalue weighted by Crippen LogP contribution is 2.24. The van der Waals surface area contributed by atoms with Crippen LogP contribution in [0.15, 0.2) is 12.3 Å². The minimum atomic E-state index is -0.542. The second-order valence-electron chi connectivity index (χ2n) is 4.30. The molecular formula is C11H15Cl2N3O. The molecule has 1 rings (SSSR count). The first kappa shape index (κ1) is 14.1. The van der Waals surface area contributed by atoms with Crippen LogP contribution in [-0.4, -0.2) is 24.5 Å². The van der Waals surface area contributed by atoms with Crippen molar-refractivity contribution in [1.29, 1.82) is 0 Å². The van der Waals surface area contributed by atoms with Crippen LogP contribution < -0.4 is 10.6 Å². The fraction of sp³-hybridized carbons (Fsp3) is 0.455. The summed E-state index contributed by atoms with van der Waals surface area (Å²) >= 11 is 11.7. The summed E-state index contributed by atoms with van der Waals surface area (Å²) in [4.78, 5) is 15.6. The van der Waals surface area contributed by atoms with Crippen molar-refractivity contribution in [2.24, 2.45) is 5.41 Å². The van der Waals surface area contributed by atoms with Crippen molar-refractivity contribution < 1.29 is 4.79 Å². The van der Waals surface area contributed by atoms with Crippen LogP contribution in [-0.2, 0) is 4.79 Å². The van der Waals surface area contributed by atoms with Gasteiger partial charge in [0.05, 0.1) is 15.5 Å². The lowest BCUT2D eigenvalue weighted by Crippen LogP contribution is -2.39. The molecule has 1 heterocycles. The van der Waals surface area contributed by atoms with Gasteiger partial charge in [-0.15, -0.1) is 0 Å². The third-order valence-corrected chi connectivity index (χ3v) is 2.84. The van der Waals surface area contributed by atoms with Gasteiger partial charge < -0.3 is 10.6 Å². The molecule has 0 atom stereocenters. The highest BCUT2D eigenvalue weighted by molar-refractivity contribution is 6.35. The van der Waals surface area contributed by atoms with Crippen molar-refractivity contribution in [1.82, 2.24) is 10.3 Å². The van der Waals surface area contributed by atoms with E-state index >= 15 is 0 Å². The molecule has 0 aliphatic carbocycles. The minimum absolute atomic E-state index is 0.0462. The van der Waals surface area contributed by atoms with Crippen molar-refractivity contribution in [2.45, 2.75) is 13.8 Å². The predicted octanol–water partition coefficient (Wildman–Crippen LogP) is 2.57. The van der Waals surface area contributed by atoms with Gasteiger partial charge in [0, 0.05) is 19.8 Å². The molecule has 0 radical (unpaired) electrons. The van der Waals surface area contributed by atoms with E-state index in [0.29, 0.717) is 22.4 Å². The Morgan fingerprint density at radius 2 is 2.12 bits per heavy atom. The third kappa shape index (κ3) is 3.75. The lowest BCUT2D eigenvalue weighted by atomic mass is 9.92. The highest BCUT2D eigenvalue weighted by atomic mass is 35.5. The summed E-state index contributed by atoms with van der Waals surface area (Å²) in [6.45, 7) is 4.10. The molecule has 2 N–H and O–H groups in total. The first-order chi connectivity index (χ1) is 7.86. The molecule has 0 fully saturated rings. The smallest absolute Gasteiger partial charge is 0.227 e. The maximum atomic E-state index is 11.6. The van der Waals surface area contributed by atoms with Gasteiger partial charge in [-0.25, -0.2) is 4.98 Å². The zero-order valence-corrected chi connectivity index (χ0v) is 11.5. The molecule has 1 amide bonds. The third-order valence-electron chi connectivity index (χ3n) is 2.35. The van der Waals surface area contributed by atoms with Gasteiger partial charge in [0.2, 0.25) is 5.91 Å². The Labute approximate surface area is 111 Å². The summed E-state index contributed by atoms with van der Waals surface area (Å²) in [5.41, 5.74) is -0.542. The molecule has 0 aliphatic rings. The van der Waals surface area contributed by atoms with Gasteiger partial charge in [0.1, 0.15) is 5.82 Å². The molecule has 0 spiro atoms. The Hall–Kier alpha value is -1.000. The zero-order valence-electron chi connectivity index (χ0n) is 9.97. The van der Waals surface area contributed by atoms with Crippen LogP contribution in [0.4, 0.5) is 5.82 Å². The number of aromatic nitrogens is 1. The lowest BCUT2D eigenvalue weighted by molar-refractivity contribution is -0.128. The van der Waals surface area contributed by atoms with Crippen LogP contribution in [0.2, 0.25) is 10.0 Å². The van der Waals surface area contributed by atoms with Crippen LogP contribution in [0.3, 0.4) is 0 Å². The highest BCUT2D eigenvalue weighted by Gasteiger charge is 2.26. The predicted molar refractivity (Wildman–Crippen MR) is 70.6 cm³/mol. The Kier molecular flexibility index (Phi) is 4.60. The van der Waals surface area contributed by atoms with Crippen molar-refractivity contribution in [2.75, 3.05) is 18.9 Å². The fourth-order valence-electron chi connectivity index (χ4n) is 1.27. The average Bonchev–Trinajstić information content (AvgIpc) is 2.26. The van der Waals surface area contributed by atoms with E-state index in [9.17, 15) is 4.79 Å². The summed E-state index contributed by atoms with van der Waals surface area (Å²) in [5.74, 6) is 0.475. The number of pyridine rings is 1. The second kappa shape index (κ2) is 5.56. The van der Waals surface area contributed by atoms with Gasteiger partial charge in [0.15, 0.2) is 0 Å². The number of carbonyl (C=O) groups excluding carboxylic acids is 1. The topological polar surface area (TPSA) is 54.0 Å². The van der Waals surface area contributed by atoms with E-state index in [4.69, 9.17) is 23.2 Å². The van der Waals surface area contributed by atoms with E-state index in [-0.39, 0.29) is 5.91 Å². The molecule has 0 saturated heterocycles. The summed E-state index contributed by atoms with van der Waals surface area (Å²) in [7, 11) is 1.61. The molecule has 94 valence electrons. The average molecular weight is 276 g/mol. The largest absolute Gasteiger partial charge is 0.368 e. The number of hydrogen-bond donors (Lipinski definition) is 2. The normalized spacial score (nSPS) is 11.1. The Morgan fingerprint density at radius 1 is 1.47 bits per heavy atom. The van der Waals surface area contributed by atoms with Gasteiger partial charge in [0.25, 0.3) is 0 Å². The molecule has 17 heavy (non-hydrogen) atoms. The number of nitrogens with zero attached hydrogens (tertiary/aromatic N) is 1. The van der Waals surface area contributed by atoms with Gasteiger partial charge in [-0.3, -0.25) is 4.79 Å². The Balaban J connectivity index is 2.70. The van der Waals surface area contributed by atoms with Crippen molar-refractivity contribution in [3.05, 3.63) is 22.3 Å². The van der Waals surface area contributed by atoms with E-state index in [0.717, 1.165) is 0 Å². The maximum absolute atomic E-state index is 11.6. The number of halogens is 2. The molecule has 0 saturated carbocycles. The molecule has 6 heteroatoms. The monoisotopic (exact) mass is 275 g/mol. The number of rotatable bonds is 4. The quantitative estimate of drug-likeness (QED) is 0.888. The zero-order chi connectivity index (χ0) is 13.1. The van der Waals surface area contributed by atoms with Crippen LogP contribution in [0.25, 0.3) is 0 Å². The van der Waals surface area contributed by atoms with Gasteiger partial charge >= 0.3 is 0 Å². The van der Waals surface area contributed by atoms with Gasteiger partial charge in [-0.1, -0.05) is 23.2 Å². The molecule has 0 unspecified atom stereocenters. The van der Waals surface area contributed by atoms with Crippen LogP contribution in [0.5, 0.6) is 0 Å². The Bertz CT molecular complexity index is 421. The number of carbonyl (C=O) groups is 1. The summed E-state index contributed by atoms with van der Waals surface area (Å²) < 4.78 is 0. The number of nitrogens with one attached hydrogen (secondary N) is 2. The van der Waals surface area contributed by atoms with Crippen molar-refractivity contribution >= 4 is 34.9 Å². The Morgan fingerprint density at radius 3 is 2.65 bits per heavy atom. The summed E-state index contributed by atoms with van der Waals surface area (Å²) in [6, 6.07) is 1.60. The van der Waals surface area contributed by atoms with Crippen LogP contribution in [0.1, 0.15) is 13.8 Å². The summed E-state index contributed by atoms with van der Waals surface area (Å²) in [5, 5.41) is 6.56. The van der Waals surface area contributed by atoms with E-state index in [1.165, 1.54) is 6.20 Å². The van der Waals surface area contributed by atoms with Gasteiger partial charge in [-0.2, -0.15) is 0 Å². The van der Waals surface area contributed by atoms with E-state index in [2.05, 4.69) is 15.6 Å². The fourth-order valence-corrected chi connectivity index (χ4v) is 1.71. The van der Waals surface area contributed by atoms with Crippen LogP contribution >= 0.6 is 23.2 Å². The number of hydrogen-bond acceptors (Lipinski definition) is 3. The lowest BCUT2D eigenvalue weighted by Gasteiger charge is -2.23. The molecule has 1 aromatic heterocycles. The van der Waals surface area contributed by atoms with Crippen molar-refractivity contribution in [3.8, 4) is 0 Å². The maximum Gasteiger partial charge on any atom is 0.227 e. The van der Waals surface area contributed by atoms with Crippen molar-refractivity contribution in [3.63, 3.8) is 0 Å². The molecule has 0 bridgehead atoms. The van der Waals surface area contributed by atoms with E-state index in [1.54, 1.807) is 13.1 Å². The van der Waals surface area contributed by atoms with Gasteiger partial charge in [-0.05, 0) is 19.9 Å². The molecule has 0 aliphatic heterocycles. The van der Waals surface area contributed by atoms with E-state index < -0.39 is 5.41 Å². The van der Waals surface area contributed by atoms with Crippen LogP contribution in [0, 0.1) is 5.41 Å². The molecule has 1 aromatic rings. The molecule has 0 aromatic carbocycles. The molecule has 4 nitrogen and oxygen atoms in total. The second-order valence-corrected chi connectivity index (χ2v) is 5.14. The minimum Gasteiger partial charge on any atom is -0.368 e. The first-order valence-corrected chi connectivity index (χ1v) is 5.89. The molecular weight excluding hydrogens is 261 g/mol. The first-order valence-electron chi connectivity index (χ1n) is 5.14. The number of anilines is 1. The standard InChI is InChI=1S/C11H15Cl2N3O/c1-11(2,10(17)14-3)6-16-9-8(13)4-7(12)5-15-9/h4-5H,6H2,1-3H3,(H,14,17)(H,15,16). The summed E-state index contributed by atoms with van der Waals surface area (Å²) in [6.07, 6.45) is 1.50. The SMILES string of the molecule is CNC(=O)C(C)(C)CNc1ncc(Cl)cc1Cl. The number of amides is 1.